The van der Waals surface area contributed by atoms with Crippen LogP contribution in [0.4, 0.5) is 5.00 Å². The number of carboxylic acids is 1. The van der Waals surface area contributed by atoms with Crippen LogP contribution in [0.1, 0.15) is 48.7 Å². The molecule has 2 N–H and O–H groups in total. The summed E-state index contributed by atoms with van der Waals surface area (Å²) in [6.45, 7) is 1.93. The van der Waals surface area contributed by atoms with Crippen molar-refractivity contribution in [3.63, 3.8) is 0 Å². The minimum absolute atomic E-state index is 0.209. The fourth-order valence-corrected chi connectivity index (χ4v) is 3.93. The van der Waals surface area contributed by atoms with E-state index in [2.05, 4.69) is 15.5 Å². The second-order valence-corrected chi connectivity index (χ2v) is 7.66. The molecule has 130 valence electrons. The molecule has 2 aromatic rings. The number of hydrogen-bond donors (Lipinski definition) is 2. The molecule has 0 radical (unpaired) electrons. The Morgan fingerprint density at radius 2 is 2.08 bits per heavy atom. The Labute approximate surface area is 147 Å². The highest BCUT2D eigenvalue weighted by atomic mass is 32.1. The van der Waals surface area contributed by atoms with Crippen molar-refractivity contribution in [2.75, 3.05) is 5.32 Å². The van der Waals surface area contributed by atoms with Gasteiger partial charge < -0.3 is 14.9 Å². The van der Waals surface area contributed by atoms with Gasteiger partial charge in [-0.1, -0.05) is 5.16 Å². The number of carbonyl (C=O) groups excluding carboxylic acids is 1. The number of rotatable bonds is 5. The van der Waals surface area contributed by atoms with Crippen molar-refractivity contribution in [2.24, 2.45) is 0 Å². The zero-order valence-electron chi connectivity index (χ0n) is 13.7. The first-order valence-corrected chi connectivity index (χ1v) is 9.05. The van der Waals surface area contributed by atoms with E-state index in [1.54, 1.807) is 0 Å². The molecule has 1 amide bonds. The van der Waals surface area contributed by atoms with Crippen LogP contribution < -0.4 is 5.32 Å². The van der Waals surface area contributed by atoms with Crippen LogP contribution in [0.25, 0.3) is 11.5 Å². The SMILES string of the molecule is Cc1cc(-c2nc(C3CC3)no2)c(NC(=O)C2=C(C(=O)O)CCC2)s1. The van der Waals surface area contributed by atoms with Crippen LogP contribution in [0.3, 0.4) is 0 Å². The maximum Gasteiger partial charge on any atom is 0.332 e. The van der Waals surface area contributed by atoms with E-state index in [4.69, 9.17) is 4.52 Å². The Morgan fingerprint density at radius 3 is 2.80 bits per heavy atom. The number of amides is 1. The fraction of sp³-hybridized carbons (Fsp3) is 0.412. The van der Waals surface area contributed by atoms with Crippen LogP contribution in [0.15, 0.2) is 21.7 Å². The maximum atomic E-state index is 12.6. The van der Waals surface area contributed by atoms with Crippen molar-refractivity contribution < 1.29 is 19.2 Å². The van der Waals surface area contributed by atoms with Gasteiger partial charge in [-0.2, -0.15) is 4.98 Å². The minimum atomic E-state index is -1.02. The summed E-state index contributed by atoms with van der Waals surface area (Å²) in [6, 6.07) is 1.89. The summed E-state index contributed by atoms with van der Waals surface area (Å²) < 4.78 is 5.36. The number of aliphatic carboxylic acids is 1. The van der Waals surface area contributed by atoms with Gasteiger partial charge in [0.05, 0.1) is 5.56 Å². The zero-order valence-corrected chi connectivity index (χ0v) is 14.5. The van der Waals surface area contributed by atoms with Gasteiger partial charge in [0.1, 0.15) is 5.00 Å². The van der Waals surface area contributed by atoms with Gasteiger partial charge in [-0.15, -0.1) is 11.3 Å². The molecule has 8 heteroatoms. The predicted molar refractivity (Wildman–Crippen MR) is 91.5 cm³/mol. The second kappa shape index (κ2) is 6.11. The summed E-state index contributed by atoms with van der Waals surface area (Å²) in [5.41, 5.74) is 1.25. The Balaban J connectivity index is 1.61. The van der Waals surface area contributed by atoms with E-state index >= 15 is 0 Å². The molecule has 2 aliphatic carbocycles. The molecule has 0 atom stereocenters. The quantitative estimate of drug-likeness (QED) is 0.846. The van der Waals surface area contributed by atoms with Crippen molar-refractivity contribution in [3.8, 4) is 11.5 Å². The summed E-state index contributed by atoms with van der Waals surface area (Å²) in [6.07, 6.45) is 3.77. The van der Waals surface area contributed by atoms with E-state index in [1.165, 1.54) is 11.3 Å². The molecule has 0 saturated heterocycles. The van der Waals surface area contributed by atoms with E-state index in [9.17, 15) is 14.7 Å². The van der Waals surface area contributed by atoms with Gasteiger partial charge in [0.2, 0.25) is 0 Å². The first-order valence-electron chi connectivity index (χ1n) is 8.24. The summed E-state index contributed by atoms with van der Waals surface area (Å²) >= 11 is 1.41. The number of aromatic nitrogens is 2. The molecule has 4 rings (SSSR count). The van der Waals surface area contributed by atoms with Gasteiger partial charge >= 0.3 is 5.97 Å². The molecule has 2 aliphatic rings. The fourth-order valence-electron chi connectivity index (χ4n) is 3.03. The van der Waals surface area contributed by atoms with Crippen LogP contribution in [0.5, 0.6) is 0 Å². The van der Waals surface area contributed by atoms with Crippen molar-refractivity contribution >= 4 is 28.2 Å². The van der Waals surface area contributed by atoms with Crippen LogP contribution in [-0.4, -0.2) is 27.1 Å². The number of carbonyl (C=O) groups is 2. The first kappa shape index (κ1) is 16.0. The van der Waals surface area contributed by atoms with Crippen LogP contribution in [-0.2, 0) is 9.59 Å². The Kier molecular flexibility index (Phi) is 3.91. The molecular formula is C17H17N3O4S. The summed E-state index contributed by atoms with van der Waals surface area (Å²) in [7, 11) is 0. The third-order valence-corrected chi connectivity index (χ3v) is 5.41. The van der Waals surface area contributed by atoms with Gasteiger partial charge in [-0.25, -0.2) is 4.79 Å². The van der Waals surface area contributed by atoms with Crippen LogP contribution in [0.2, 0.25) is 0 Å². The molecule has 7 nitrogen and oxygen atoms in total. The molecule has 1 saturated carbocycles. The molecule has 0 unspecified atom stereocenters. The van der Waals surface area contributed by atoms with Crippen molar-refractivity contribution in [1.29, 1.82) is 0 Å². The number of nitrogens with one attached hydrogen (secondary N) is 1. The highest BCUT2D eigenvalue weighted by Gasteiger charge is 2.30. The van der Waals surface area contributed by atoms with E-state index < -0.39 is 5.97 Å². The van der Waals surface area contributed by atoms with Crippen molar-refractivity contribution in [1.82, 2.24) is 10.1 Å². The van der Waals surface area contributed by atoms with Gasteiger partial charge in [-0.05, 0) is 45.1 Å². The maximum absolute atomic E-state index is 12.6. The monoisotopic (exact) mass is 359 g/mol. The highest BCUT2D eigenvalue weighted by Crippen LogP contribution is 2.41. The average molecular weight is 359 g/mol. The average Bonchev–Trinajstić information content (AvgIpc) is 3.01. The predicted octanol–water partition coefficient (Wildman–Crippen LogP) is 3.49. The smallest absolute Gasteiger partial charge is 0.332 e. The molecule has 0 aliphatic heterocycles. The Hall–Kier alpha value is -2.48. The third kappa shape index (κ3) is 3.09. The number of aryl methyl sites for hydroxylation is 1. The summed E-state index contributed by atoms with van der Waals surface area (Å²) in [5.74, 6) is 0.108. The van der Waals surface area contributed by atoms with E-state index in [1.807, 2.05) is 13.0 Å². The number of hydrogen-bond acceptors (Lipinski definition) is 6. The van der Waals surface area contributed by atoms with Crippen molar-refractivity contribution in [3.05, 3.63) is 27.9 Å². The van der Waals surface area contributed by atoms with Crippen LogP contribution in [0, 0.1) is 6.92 Å². The molecule has 1 fully saturated rings. The molecule has 0 spiro atoms. The third-order valence-electron chi connectivity index (χ3n) is 4.45. The van der Waals surface area contributed by atoms with Gasteiger partial charge in [0.25, 0.3) is 11.8 Å². The van der Waals surface area contributed by atoms with Gasteiger partial charge in [-0.3, -0.25) is 4.79 Å². The standard InChI is InChI=1S/C17H17N3O4S/c1-8-7-12(15-18-13(20-24-15)9-5-6-9)16(25-8)19-14(21)10-3-2-4-11(10)17(22)23/h7,9H,2-6H2,1H3,(H,19,21)(H,22,23). The van der Waals surface area contributed by atoms with Gasteiger partial charge in [0, 0.05) is 21.9 Å². The lowest BCUT2D eigenvalue weighted by Crippen LogP contribution is -2.16. The number of thiophene rings is 1. The number of anilines is 1. The van der Waals surface area contributed by atoms with Crippen molar-refractivity contribution in [2.45, 2.75) is 44.9 Å². The summed E-state index contributed by atoms with van der Waals surface area (Å²) in [5, 5.41) is 16.7. The lowest BCUT2D eigenvalue weighted by atomic mass is 10.1. The Bertz CT molecular complexity index is 892. The number of nitrogens with zero attached hydrogens (tertiary/aromatic N) is 2. The molecule has 25 heavy (non-hydrogen) atoms. The lowest BCUT2D eigenvalue weighted by molar-refractivity contribution is -0.133. The lowest BCUT2D eigenvalue weighted by Gasteiger charge is -2.06. The highest BCUT2D eigenvalue weighted by molar-refractivity contribution is 7.16. The normalized spacial score (nSPS) is 17.2. The van der Waals surface area contributed by atoms with Crippen LogP contribution >= 0.6 is 11.3 Å². The molecule has 2 aromatic heterocycles. The Morgan fingerprint density at radius 1 is 1.32 bits per heavy atom. The van der Waals surface area contributed by atoms with E-state index in [0.717, 1.165) is 17.7 Å². The molecule has 0 aromatic carbocycles. The minimum Gasteiger partial charge on any atom is -0.478 e. The van der Waals surface area contributed by atoms with E-state index in [0.29, 0.717) is 53.0 Å². The topological polar surface area (TPSA) is 105 Å². The molecule has 0 bridgehead atoms. The largest absolute Gasteiger partial charge is 0.478 e. The first-order chi connectivity index (χ1) is 12.0. The van der Waals surface area contributed by atoms with Gasteiger partial charge in [0.15, 0.2) is 5.82 Å². The molecular weight excluding hydrogens is 342 g/mol. The second-order valence-electron chi connectivity index (χ2n) is 6.40. The summed E-state index contributed by atoms with van der Waals surface area (Å²) in [4.78, 5) is 29.3. The number of carboxylic acid groups (broad SMARTS) is 1. The van der Waals surface area contributed by atoms with E-state index in [-0.39, 0.29) is 11.5 Å². The molecule has 2 heterocycles. The zero-order chi connectivity index (χ0) is 17.6.